The fraction of sp³-hybridized carbons (Fsp3) is 0.160. The van der Waals surface area contributed by atoms with Crippen molar-refractivity contribution in [2.24, 2.45) is 0 Å². The third-order valence-corrected chi connectivity index (χ3v) is 5.04. The van der Waals surface area contributed by atoms with Gasteiger partial charge < -0.3 is 10.1 Å². The largest absolute Gasteiger partial charge is 0.359 e. The molecule has 6 nitrogen and oxygen atoms in total. The molecule has 1 amide bonds. The average molecular weight is 412 g/mol. The van der Waals surface area contributed by atoms with Crippen LogP contribution in [0.1, 0.15) is 35.8 Å². The zero-order valence-corrected chi connectivity index (χ0v) is 17.3. The Labute approximate surface area is 181 Å². The molecule has 0 saturated heterocycles. The zero-order chi connectivity index (χ0) is 21.5. The molecule has 1 heterocycles. The predicted octanol–water partition coefficient (Wildman–Crippen LogP) is 4.25. The molecule has 31 heavy (non-hydrogen) atoms. The van der Waals surface area contributed by atoms with Gasteiger partial charge in [0.25, 0.3) is 0 Å². The van der Waals surface area contributed by atoms with Crippen LogP contribution in [-0.2, 0) is 9.53 Å². The number of nitrogens with zero attached hydrogens (tertiary/aromatic N) is 3. The van der Waals surface area contributed by atoms with Crippen LogP contribution in [-0.4, -0.2) is 27.3 Å². The minimum absolute atomic E-state index is 0.0319. The van der Waals surface area contributed by atoms with Crippen LogP contribution in [0.2, 0.25) is 0 Å². The second-order valence-corrected chi connectivity index (χ2v) is 7.23. The standard InChI is InChI=1S/C25H24N4O2/c1-19(20-12-14-23(15-13-20)29-18-26-17-27-29)28-24(30)16-31-25(21-8-4-2-5-9-21)22-10-6-3-7-11-22/h2-15,17-19,25H,16H2,1H3,(H,28,30). The molecular weight excluding hydrogens is 388 g/mol. The molecule has 3 aromatic carbocycles. The fourth-order valence-corrected chi connectivity index (χ4v) is 3.42. The second kappa shape index (κ2) is 9.82. The van der Waals surface area contributed by atoms with Crippen LogP contribution in [0.3, 0.4) is 0 Å². The molecule has 1 aromatic heterocycles. The van der Waals surface area contributed by atoms with E-state index >= 15 is 0 Å². The molecule has 0 radical (unpaired) electrons. The van der Waals surface area contributed by atoms with Crippen molar-refractivity contribution in [1.29, 1.82) is 0 Å². The molecule has 4 rings (SSSR count). The maximum atomic E-state index is 12.6. The number of aromatic nitrogens is 3. The molecule has 156 valence electrons. The summed E-state index contributed by atoms with van der Waals surface area (Å²) in [7, 11) is 0. The van der Waals surface area contributed by atoms with Gasteiger partial charge in [-0.2, -0.15) is 5.10 Å². The Morgan fingerprint density at radius 1 is 0.903 bits per heavy atom. The SMILES string of the molecule is CC(NC(=O)COC(c1ccccc1)c1ccccc1)c1ccc(-n2cncn2)cc1. The molecular formula is C25H24N4O2. The van der Waals surface area contributed by atoms with Gasteiger partial charge in [0.2, 0.25) is 5.91 Å². The van der Waals surface area contributed by atoms with Crippen LogP contribution in [0.5, 0.6) is 0 Å². The fourth-order valence-electron chi connectivity index (χ4n) is 3.42. The Hall–Kier alpha value is -3.77. The molecule has 0 bridgehead atoms. The minimum Gasteiger partial charge on any atom is -0.359 e. The van der Waals surface area contributed by atoms with Crippen molar-refractivity contribution in [2.45, 2.75) is 19.1 Å². The van der Waals surface area contributed by atoms with E-state index in [1.165, 1.54) is 6.33 Å². The third kappa shape index (κ3) is 5.24. The van der Waals surface area contributed by atoms with Crippen molar-refractivity contribution in [3.05, 3.63) is 114 Å². The summed E-state index contributed by atoms with van der Waals surface area (Å²) in [6.45, 7) is 1.92. The number of benzene rings is 3. The Morgan fingerprint density at radius 2 is 1.52 bits per heavy atom. The lowest BCUT2D eigenvalue weighted by Gasteiger charge is -2.20. The van der Waals surface area contributed by atoms with E-state index in [9.17, 15) is 4.79 Å². The minimum atomic E-state index is -0.301. The molecule has 0 spiro atoms. The van der Waals surface area contributed by atoms with E-state index in [1.54, 1.807) is 11.0 Å². The number of carbonyl (C=O) groups is 1. The van der Waals surface area contributed by atoms with E-state index in [-0.39, 0.29) is 24.7 Å². The van der Waals surface area contributed by atoms with Crippen LogP contribution < -0.4 is 5.32 Å². The first-order chi connectivity index (χ1) is 15.2. The molecule has 0 aliphatic heterocycles. The number of ether oxygens (including phenoxy) is 1. The summed E-state index contributed by atoms with van der Waals surface area (Å²) >= 11 is 0. The van der Waals surface area contributed by atoms with Crippen LogP contribution in [0.25, 0.3) is 5.69 Å². The summed E-state index contributed by atoms with van der Waals surface area (Å²) in [6, 6.07) is 27.6. The van der Waals surface area contributed by atoms with Gasteiger partial charge in [0.15, 0.2) is 0 Å². The maximum absolute atomic E-state index is 12.6. The third-order valence-electron chi connectivity index (χ3n) is 5.04. The number of rotatable bonds is 8. The molecule has 6 heteroatoms. The average Bonchev–Trinajstić information content (AvgIpc) is 3.36. The van der Waals surface area contributed by atoms with Crippen molar-refractivity contribution in [1.82, 2.24) is 20.1 Å². The van der Waals surface area contributed by atoms with E-state index in [2.05, 4.69) is 15.4 Å². The number of carbonyl (C=O) groups excluding carboxylic acids is 1. The molecule has 0 fully saturated rings. The second-order valence-electron chi connectivity index (χ2n) is 7.23. The van der Waals surface area contributed by atoms with E-state index in [4.69, 9.17) is 4.74 Å². The Bertz CT molecular complexity index is 1040. The van der Waals surface area contributed by atoms with Gasteiger partial charge in [-0.15, -0.1) is 0 Å². The van der Waals surface area contributed by atoms with Crippen molar-refractivity contribution in [3.63, 3.8) is 0 Å². The number of hydrogen-bond donors (Lipinski definition) is 1. The summed E-state index contributed by atoms with van der Waals surface area (Å²) < 4.78 is 7.74. The van der Waals surface area contributed by atoms with Crippen molar-refractivity contribution >= 4 is 5.91 Å². The van der Waals surface area contributed by atoms with Gasteiger partial charge >= 0.3 is 0 Å². The van der Waals surface area contributed by atoms with Crippen molar-refractivity contribution in [3.8, 4) is 5.69 Å². The smallest absolute Gasteiger partial charge is 0.246 e. The molecule has 1 N–H and O–H groups in total. The predicted molar refractivity (Wildman–Crippen MR) is 119 cm³/mol. The van der Waals surface area contributed by atoms with Gasteiger partial charge in [0, 0.05) is 0 Å². The van der Waals surface area contributed by atoms with Crippen LogP contribution in [0, 0.1) is 0 Å². The molecule has 0 aliphatic rings. The highest BCUT2D eigenvalue weighted by Crippen LogP contribution is 2.25. The maximum Gasteiger partial charge on any atom is 0.246 e. The summed E-state index contributed by atoms with van der Waals surface area (Å²) in [6.07, 6.45) is 2.84. The topological polar surface area (TPSA) is 69.0 Å². The van der Waals surface area contributed by atoms with Gasteiger partial charge in [0.1, 0.15) is 25.4 Å². The highest BCUT2D eigenvalue weighted by molar-refractivity contribution is 5.77. The summed E-state index contributed by atoms with van der Waals surface area (Å²) in [4.78, 5) is 16.5. The van der Waals surface area contributed by atoms with Crippen molar-refractivity contribution < 1.29 is 9.53 Å². The quantitative estimate of drug-likeness (QED) is 0.470. The van der Waals surface area contributed by atoms with Gasteiger partial charge in [-0.1, -0.05) is 72.8 Å². The van der Waals surface area contributed by atoms with E-state index in [0.29, 0.717) is 0 Å². The van der Waals surface area contributed by atoms with E-state index < -0.39 is 0 Å². The number of amides is 1. The van der Waals surface area contributed by atoms with Crippen molar-refractivity contribution in [2.75, 3.05) is 6.61 Å². The summed E-state index contributed by atoms with van der Waals surface area (Å²) in [5.74, 6) is -0.162. The first-order valence-corrected chi connectivity index (χ1v) is 10.2. The normalized spacial score (nSPS) is 11.9. The van der Waals surface area contributed by atoms with Gasteiger partial charge in [-0.3, -0.25) is 4.79 Å². The Morgan fingerprint density at radius 3 is 2.06 bits per heavy atom. The summed E-state index contributed by atoms with van der Waals surface area (Å²) in [5.41, 5.74) is 3.94. The lowest BCUT2D eigenvalue weighted by molar-refractivity contribution is -0.127. The number of nitrogens with one attached hydrogen (secondary N) is 1. The summed E-state index contributed by atoms with van der Waals surface area (Å²) in [5, 5.41) is 7.13. The Kier molecular flexibility index (Phi) is 6.50. The van der Waals surface area contributed by atoms with E-state index in [0.717, 1.165) is 22.4 Å². The molecule has 1 unspecified atom stereocenters. The molecule has 1 atom stereocenters. The molecule has 0 aliphatic carbocycles. The van der Waals surface area contributed by atoms with Crippen LogP contribution >= 0.6 is 0 Å². The van der Waals surface area contributed by atoms with Gasteiger partial charge in [-0.05, 0) is 35.7 Å². The first kappa shape index (κ1) is 20.5. The monoisotopic (exact) mass is 412 g/mol. The highest BCUT2D eigenvalue weighted by atomic mass is 16.5. The zero-order valence-electron chi connectivity index (χ0n) is 17.3. The van der Waals surface area contributed by atoms with Gasteiger partial charge in [-0.25, -0.2) is 9.67 Å². The van der Waals surface area contributed by atoms with Gasteiger partial charge in [0.05, 0.1) is 11.7 Å². The lowest BCUT2D eigenvalue weighted by atomic mass is 10.0. The van der Waals surface area contributed by atoms with E-state index in [1.807, 2.05) is 91.9 Å². The molecule has 4 aromatic rings. The molecule has 0 saturated carbocycles. The lowest BCUT2D eigenvalue weighted by Crippen LogP contribution is -2.31. The number of hydrogen-bond acceptors (Lipinski definition) is 4. The Balaban J connectivity index is 1.38. The van der Waals surface area contributed by atoms with Crippen LogP contribution in [0.15, 0.2) is 97.6 Å². The highest BCUT2D eigenvalue weighted by Gasteiger charge is 2.17. The van der Waals surface area contributed by atoms with Crippen LogP contribution in [0.4, 0.5) is 0 Å². The first-order valence-electron chi connectivity index (χ1n) is 10.2.